The molecule has 11 nitrogen and oxygen atoms in total. The highest BCUT2D eigenvalue weighted by Gasteiger charge is 2.56. The Morgan fingerprint density at radius 3 is 2.53 bits per heavy atom. The molecule has 0 saturated carbocycles. The van der Waals surface area contributed by atoms with E-state index in [-0.39, 0.29) is 32.2 Å². The number of carbonyl (C=O) groups is 2. The van der Waals surface area contributed by atoms with Gasteiger partial charge in [0.25, 0.3) is 0 Å². The van der Waals surface area contributed by atoms with E-state index < -0.39 is 39.4 Å². The molecule has 1 aromatic rings. The van der Waals surface area contributed by atoms with Crippen LogP contribution in [-0.4, -0.2) is 88.0 Å². The van der Waals surface area contributed by atoms with Crippen molar-refractivity contribution in [3.8, 4) is 0 Å². The first-order chi connectivity index (χ1) is 14.1. The third-order valence-electron chi connectivity index (χ3n) is 5.64. The summed E-state index contributed by atoms with van der Waals surface area (Å²) in [4.78, 5) is 28.1. The number of aromatic nitrogens is 1. The standard InChI is InChI=1S/C18H26N4O7S/c19-17(25)21-7-5-15(18(26,12-21)16(23)24)30(27,28)22-8-3-14(4-9-22)29-11-13-2-1-6-20-10-13/h1-2,6,10,14-15,26H,3-5,7-9,11-12H2,(H2,19,25)(H,23,24). The zero-order chi connectivity index (χ0) is 21.9. The van der Waals surface area contributed by atoms with Gasteiger partial charge in [-0.25, -0.2) is 22.3 Å². The lowest BCUT2D eigenvalue weighted by molar-refractivity contribution is -0.162. The zero-order valence-corrected chi connectivity index (χ0v) is 17.2. The van der Waals surface area contributed by atoms with Gasteiger partial charge >= 0.3 is 12.0 Å². The van der Waals surface area contributed by atoms with Crippen molar-refractivity contribution >= 4 is 22.0 Å². The van der Waals surface area contributed by atoms with Crippen molar-refractivity contribution in [2.75, 3.05) is 26.2 Å². The molecule has 1 aromatic heterocycles. The number of sulfonamides is 1. The summed E-state index contributed by atoms with van der Waals surface area (Å²) in [6, 6.07) is 2.79. The first kappa shape index (κ1) is 22.4. The number of nitrogens with zero attached hydrogens (tertiary/aromatic N) is 3. The van der Waals surface area contributed by atoms with E-state index in [4.69, 9.17) is 10.5 Å². The molecule has 2 fully saturated rings. The highest BCUT2D eigenvalue weighted by Crippen LogP contribution is 2.32. The quantitative estimate of drug-likeness (QED) is 0.524. The van der Waals surface area contributed by atoms with E-state index in [2.05, 4.69) is 4.98 Å². The summed E-state index contributed by atoms with van der Waals surface area (Å²) < 4.78 is 33.3. The number of aliphatic hydroxyl groups is 1. The number of hydrogen-bond donors (Lipinski definition) is 3. The van der Waals surface area contributed by atoms with Crippen LogP contribution in [0.25, 0.3) is 0 Å². The largest absolute Gasteiger partial charge is 0.479 e. The maximum atomic E-state index is 13.1. The van der Waals surface area contributed by atoms with Gasteiger partial charge in [0.05, 0.1) is 19.3 Å². The molecule has 30 heavy (non-hydrogen) atoms. The number of amides is 2. The second-order valence-corrected chi connectivity index (χ2v) is 9.70. The SMILES string of the molecule is NC(=O)N1CCC(S(=O)(=O)N2CCC(OCc3cccnc3)CC2)C(O)(C(=O)O)C1. The van der Waals surface area contributed by atoms with Crippen molar-refractivity contribution < 1.29 is 33.0 Å². The summed E-state index contributed by atoms with van der Waals surface area (Å²) in [5.41, 5.74) is 3.47. The third-order valence-corrected chi connectivity index (χ3v) is 8.07. The molecule has 0 aromatic carbocycles. The molecule has 3 heterocycles. The topological polar surface area (TPSA) is 163 Å². The smallest absolute Gasteiger partial charge is 0.339 e. The molecule has 2 aliphatic rings. The summed E-state index contributed by atoms with van der Waals surface area (Å²) >= 11 is 0. The van der Waals surface area contributed by atoms with Crippen molar-refractivity contribution in [2.24, 2.45) is 5.73 Å². The Bertz CT molecular complexity index is 874. The summed E-state index contributed by atoms with van der Waals surface area (Å²) in [5, 5.41) is 18.6. The maximum Gasteiger partial charge on any atom is 0.339 e. The summed E-state index contributed by atoms with van der Waals surface area (Å²) in [6.45, 7) is -0.0289. The lowest BCUT2D eigenvalue weighted by Gasteiger charge is -2.43. The molecular weight excluding hydrogens is 416 g/mol. The van der Waals surface area contributed by atoms with Crippen molar-refractivity contribution in [1.82, 2.24) is 14.2 Å². The fraction of sp³-hybridized carbons (Fsp3) is 0.611. The van der Waals surface area contributed by atoms with E-state index in [0.717, 1.165) is 10.5 Å². The molecule has 0 bridgehead atoms. The van der Waals surface area contributed by atoms with Crippen LogP contribution in [0, 0.1) is 0 Å². The maximum absolute atomic E-state index is 13.1. The van der Waals surface area contributed by atoms with Gasteiger partial charge in [0.2, 0.25) is 10.0 Å². The second kappa shape index (κ2) is 8.84. The van der Waals surface area contributed by atoms with Crippen molar-refractivity contribution in [3.63, 3.8) is 0 Å². The van der Waals surface area contributed by atoms with E-state index in [1.807, 2.05) is 6.07 Å². The Kier molecular flexibility index (Phi) is 6.60. The van der Waals surface area contributed by atoms with Crippen LogP contribution in [0.4, 0.5) is 4.79 Å². The molecule has 0 aliphatic carbocycles. The number of pyridine rings is 1. The monoisotopic (exact) mass is 442 g/mol. The number of nitrogens with two attached hydrogens (primary N) is 1. The molecule has 2 unspecified atom stereocenters. The molecule has 3 rings (SSSR count). The molecule has 4 N–H and O–H groups in total. The van der Waals surface area contributed by atoms with Crippen LogP contribution in [0.5, 0.6) is 0 Å². The highest BCUT2D eigenvalue weighted by atomic mass is 32.2. The minimum atomic E-state index is -4.12. The predicted molar refractivity (Wildman–Crippen MR) is 105 cm³/mol. The van der Waals surface area contributed by atoms with Crippen LogP contribution < -0.4 is 5.73 Å². The Hall–Kier alpha value is -2.28. The average molecular weight is 442 g/mol. The summed E-state index contributed by atoms with van der Waals surface area (Å²) in [7, 11) is -4.12. The number of carbonyl (C=O) groups excluding carboxylic acids is 1. The average Bonchev–Trinajstić information content (AvgIpc) is 2.73. The number of rotatable bonds is 6. The van der Waals surface area contributed by atoms with Crippen LogP contribution in [-0.2, 0) is 26.2 Å². The van der Waals surface area contributed by atoms with Crippen molar-refractivity contribution in [1.29, 1.82) is 0 Å². The molecule has 0 radical (unpaired) electrons. The number of piperidine rings is 2. The van der Waals surface area contributed by atoms with Gasteiger partial charge < -0.3 is 25.6 Å². The molecular formula is C18H26N4O7S. The predicted octanol–water partition coefficient (Wildman–Crippen LogP) is -0.639. The molecule has 2 atom stereocenters. The number of urea groups is 1. The summed E-state index contributed by atoms with van der Waals surface area (Å²) in [6.07, 6.45) is 3.91. The fourth-order valence-electron chi connectivity index (χ4n) is 3.90. The third kappa shape index (κ3) is 4.56. The highest BCUT2D eigenvalue weighted by molar-refractivity contribution is 7.89. The van der Waals surface area contributed by atoms with Crippen molar-refractivity contribution in [2.45, 2.75) is 42.8 Å². The molecule has 2 saturated heterocycles. The second-order valence-electron chi connectivity index (χ2n) is 7.58. The molecule has 0 spiro atoms. The minimum Gasteiger partial charge on any atom is -0.479 e. The fourth-order valence-corrected chi connectivity index (χ4v) is 6.05. The van der Waals surface area contributed by atoms with Crippen LogP contribution in [0.2, 0.25) is 0 Å². The van der Waals surface area contributed by atoms with Crippen molar-refractivity contribution in [3.05, 3.63) is 30.1 Å². The zero-order valence-electron chi connectivity index (χ0n) is 16.4. The number of aliphatic carboxylic acids is 1. The lowest BCUT2D eigenvalue weighted by Crippen LogP contribution is -2.67. The van der Waals surface area contributed by atoms with Crippen LogP contribution in [0.3, 0.4) is 0 Å². The van der Waals surface area contributed by atoms with E-state index >= 15 is 0 Å². The van der Waals surface area contributed by atoms with Gasteiger partial charge in [-0.2, -0.15) is 0 Å². The number of carboxylic acid groups (broad SMARTS) is 1. The number of carboxylic acids is 1. The number of β-amino-alcohol motifs (C(OH)–C–C–N with tert-alkyl or cyclic N) is 1. The van der Waals surface area contributed by atoms with E-state index in [1.54, 1.807) is 18.5 Å². The number of primary amides is 1. The van der Waals surface area contributed by atoms with Gasteiger partial charge in [-0.15, -0.1) is 0 Å². The van der Waals surface area contributed by atoms with Gasteiger partial charge in [0, 0.05) is 32.0 Å². The number of hydrogen-bond acceptors (Lipinski definition) is 7. The Labute approximate surface area is 174 Å². The molecule has 2 amide bonds. The molecule has 2 aliphatic heterocycles. The summed E-state index contributed by atoms with van der Waals surface area (Å²) in [5.74, 6) is -1.70. The van der Waals surface area contributed by atoms with E-state index in [9.17, 15) is 28.2 Å². The van der Waals surface area contributed by atoms with Crippen LogP contribution in [0.15, 0.2) is 24.5 Å². The van der Waals surface area contributed by atoms with E-state index in [0.29, 0.717) is 19.4 Å². The first-order valence-electron chi connectivity index (χ1n) is 9.64. The van der Waals surface area contributed by atoms with Gasteiger partial charge in [-0.3, -0.25) is 4.98 Å². The molecule has 12 heteroatoms. The first-order valence-corrected chi connectivity index (χ1v) is 11.1. The van der Waals surface area contributed by atoms with E-state index in [1.165, 1.54) is 4.31 Å². The van der Waals surface area contributed by atoms with Gasteiger partial charge in [0.15, 0.2) is 5.60 Å². The minimum absolute atomic E-state index is 0.0422. The van der Waals surface area contributed by atoms with Gasteiger partial charge in [0.1, 0.15) is 5.25 Å². The Balaban J connectivity index is 1.64. The normalized spacial score (nSPS) is 26.4. The number of likely N-dealkylation sites (tertiary alicyclic amines) is 1. The lowest BCUT2D eigenvalue weighted by atomic mass is 9.92. The van der Waals surface area contributed by atoms with Gasteiger partial charge in [-0.1, -0.05) is 6.07 Å². The van der Waals surface area contributed by atoms with Gasteiger partial charge in [-0.05, 0) is 30.9 Å². The van der Waals surface area contributed by atoms with Crippen LogP contribution in [0.1, 0.15) is 24.8 Å². The molecule has 166 valence electrons. The number of ether oxygens (including phenoxy) is 1. The Morgan fingerprint density at radius 2 is 1.97 bits per heavy atom. The Morgan fingerprint density at radius 1 is 1.27 bits per heavy atom. The van der Waals surface area contributed by atoms with Crippen LogP contribution >= 0.6 is 0 Å².